The summed E-state index contributed by atoms with van der Waals surface area (Å²) < 4.78 is 20.2. The van der Waals surface area contributed by atoms with Gasteiger partial charge in [0, 0.05) is 24.7 Å². The number of amidine groups is 1. The lowest BCUT2D eigenvalue weighted by molar-refractivity contribution is -0.679. The number of halogens is 1. The average Bonchev–Trinajstić information content (AvgIpc) is 3.09. The largest absolute Gasteiger partial charge is 0.507 e. The van der Waals surface area contributed by atoms with Crippen molar-refractivity contribution in [3.05, 3.63) is 36.3 Å². The Balaban J connectivity index is 1.79. The van der Waals surface area contributed by atoms with Crippen LogP contribution in [-0.2, 0) is 4.79 Å². The highest BCUT2D eigenvalue weighted by Crippen LogP contribution is 2.31. The summed E-state index contributed by atoms with van der Waals surface area (Å²) in [7, 11) is 2.99. The van der Waals surface area contributed by atoms with Crippen molar-refractivity contribution in [3.8, 4) is 11.3 Å². The van der Waals surface area contributed by atoms with Crippen LogP contribution >= 0.6 is 0 Å². The van der Waals surface area contributed by atoms with Crippen LogP contribution in [0.2, 0.25) is 0 Å². The average molecular weight is 315 g/mol. The number of aromatic nitrogens is 1. The maximum absolute atomic E-state index is 13.0. The van der Waals surface area contributed by atoms with Gasteiger partial charge >= 0.3 is 12.0 Å². The topological polar surface area (TPSA) is 70.0 Å². The predicted molar refractivity (Wildman–Crippen MR) is 76.4 cm³/mol. The maximum atomic E-state index is 13.0. The van der Waals surface area contributed by atoms with Crippen molar-refractivity contribution in [2.45, 2.75) is 6.04 Å². The highest BCUT2D eigenvalue weighted by molar-refractivity contribution is 6.18. The number of rotatable bonds is 1. The second kappa shape index (κ2) is 4.48. The summed E-state index contributed by atoms with van der Waals surface area (Å²) in [5.41, 5.74) is 0.672. The minimum Gasteiger partial charge on any atom is -0.384 e. The van der Waals surface area contributed by atoms with Crippen LogP contribution in [0.1, 0.15) is 6.04 Å². The van der Waals surface area contributed by atoms with E-state index in [1.54, 1.807) is 29.9 Å². The lowest BCUT2D eigenvalue weighted by atomic mass is 10.1. The van der Waals surface area contributed by atoms with Gasteiger partial charge in [0.1, 0.15) is 12.0 Å². The van der Waals surface area contributed by atoms with E-state index in [0.717, 1.165) is 4.90 Å². The van der Waals surface area contributed by atoms with E-state index in [4.69, 9.17) is 4.42 Å². The molecule has 1 saturated heterocycles. The number of benzene rings is 1. The Morgan fingerprint density at radius 2 is 1.87 bits per heavy atom. The van der Waals surface area contributed by atoms with Gasteiger partial charge in [0.25, 0.3) is 17.8 Å². The molecule has 0 spiro atoms. The van der Waals surface area contributed by atoms with E-state index in [2.05, 4.69) is 4.99 Å². The summed E-state index contributed by atoms with van der Waals surface area (Å²) in [6.07, 6.45) is 1.64. The first-order chi connectivity index (χ1) is 11.0. The summed E-state index contributed by atoms with van der Waals surface area (Å²) in [6, 6.07) is 4.89. The fraction of sp³-hybridized carbons (Fsp3) is 0.200. The molecule has 1 atom stereocenters. The van der Waals surface area contributed by atoms with Crippen LogP contribution in [0, 0.1) is 5.82 Å². The summed E-state index contributed by atoms with van der Waals surface area (Å²) in [5.74, 6) is 0.0902. The van der Waals surface area contributed by atoms with Crippen LogP contribution < -0.4 is 4.57 Å². The van der Waals surface area contributed by atoms with Crippen LogP contribution in [0.5, 0.6) is 0 Å². The number of carbonyl (C=O) groups is 2. The molecule has 1 aromatic heterocycles. The summed E-state index contributed by atoms with van der Waals surface area (Å²) in [5, 5.41) is 0. The Morgan fingerprint density at radius 1 is 1.17 bits per heavy atom. The first-order valence-corrected chi connectivity index (χ1v) is 6.92. The van der Waals surface area contributed by atoms with Crippen LogP contribution in [0.4, 0.5) is 15.2 Å². The molecule has 4 rings (SSSR count). The van der Waals surface area contributed by atoms with Crippen molar-refractivity contribution in [1.29, 1.82) is 0 Å². The Kier molecular flexibility index (Phi) is 2.65. The SMILES string of the molecule is CN1C(=O)C2C(=Nc3oc(-c4ccc(F)cc4)c[n+]32)N(C)C1=O. The molecular weight excluding hydrogens is 303 g/mol. The van der Waals surface area contributed by atoms with Crippen LogP contribution in [0.3, 0.4) is 0 Å². The Hall–Kier alpha value is -3.03. The minimum absolute atomic E-state index is 0.229. The van der Waals surface area contributed by atoms with Gasteiger partial charge in [-0.15, -0.1) is 0 Å². The van der Waals surface area contributed by atoms with Gasteiger partial charge in [-0.25, -0.2) is 9.18 Å². The standard InChI is InChI=1S/C15H12FN4O3/c1-18-12-11(13(21)19(2)15(18)22)20-7-10(23-14(20)17-12)8-3-5-9(16)6-4-8/h3-7,11H,1-2H3/q+1. The molecule has 7 nitrogen and oxygen atoms in total. The van der Waals surface area contributed by atoms with Crippen molar-refractivity contribution < 1.29 is 23.0 Å². The molecule has 0 bridgehead atoms. The van der Waals surface area contributed by atoms with E-state index in [9.17, 15) is 14.0 Å². The van der Waals surface area contributed by atoms with Gasteiger partial charge in [-0.05, 0) is 24.3 Å². The van der Waals surface area contributed by atoms with Crippen molar-refractivity contribution in [3.63, 3.8) is 0 Å². The van der Waals surface area contributed by atoms with E-state index in [-0.39, 0.29) is 17.7 Å². The minimum atomic E-state index is -0.726. The smallest absolute Gasteiger partial charge is 0.384 e. The van der Waals surface area contributed by atoms with Gasteiger partial charge in [-0.2, -0.15) is 4.57 Å². The van der Waals surface area contributed by atoms with Crippen molar-refractivity contribution >= 4 is 23.8 Å². The van der Waals surface area contributed by atoms with Crippen molar-refractivity contribution in [1.82, 2.24) is 9.80 Å². The zero-order valence-electron chi connectivity index (χ0n) is 12.4. The van der Waals surface area contributed by atoms with E-state index < -0.39 is 12.1 Å². The second-order valence-corrected chi connectivity index (χ2v) is 5.40. The summed E-state index contributed by atoms with van der Waals surface area (Å²) in [6.45, 7) is 0. The fourth-order valence-corrected chi connectivity index (χ4v) is 2.74. The van der Waals surface area contributed by atoms with Crippen molar-refractivity contribution in [2.24, 2.45) is 4.99 Å². The number of fused-ring (bicyclic) bond motifs is 3. The lowest BCUT2D eigenvalue weighted by Crippen LogP contribution is -2.61. The Bertz CT molecular complexity index is 871. The maximum Gasteiger partial charge on any atom is 0.507 e. The van der Waals surface area contributed by atoms with E-state index in [0.29, 0.717) is 17.2 Å². The molecule has 116 valence electrons. The van der Waals surface area contributed by atoms with E-state index >= 15 is 0 Å². The predicted octanol–water partition coefficient (Wildman–Crippen LogP) is 1.48. The highest BCUT2D eigenvalue weighted by atomic mass is 19.1. The van der Waals surface area contributed by atoms with Gasteiger partial charge in [-0.3, -0.25) is 14.6 Å². The first-order valence-electron chi connectivity index (χ1n) is 6.92. The van der Waals surface area contributed by atoms with Crippen LogP contribution in [-0.4, -0.2) is 41.7 Å². The number of nitrogens with zero attached hydrogens (tertiary/aromatic N) is 4. The third-order valence-corrected chi connectivity index (χ3v) is 4.02. The Labute approximate surface area is 130 Å². The number of likely N-dealkylation sites (N-methyl/N-ethyl adjacent to an activating group) is 2. The van der Waals surface area contributed by atoms with Gasteiger partial charge in [0.15, 0.2) is 5.76 Å². The number of oxazole rings is 1. The van der Waals surface area contributed by atoms with Crippen molar-refractivity contribution in [2.75, 3.05) is 14.1 Å². The molecule has 0 saturated carbocycles. The van der Waals surface area contributed by atoms with Gasteiger partial charge < -0.3 is 4.42 Å². The monoisotopic (exact) mass is 315 g/mol. The first kappa shape index (κ1) is 13.6. The molecule has 3 amide bonds. The molecule has 2 aliphatic rings. The number of urea groups is 1. The molecule has 2 aromatic rings. The molecule has 0 N–H and O–H groups in total. The molecule has 2 aliphatic heterocycles. The number of amides is 3. The van der Waals surface area contributed by atoms with E-state index in [1.165, 1.54) is 24.1 Å². The van der Waals surface area contributed by atoms with Gasteiger partial charge in [0.2, 0.25) is 0 Å². The molecule has 1 unspecified atom stereocenters. The molecular formula is C15H12FN4O3+. The number of imide groups is 1. The van der Waals surface area contributed by atoms with Gasteiger partial charge in [-0.1, -0.05) is 0 Å². The zero-order chi connectivity index (χ0) is 16.3. The number of carbonyl (C=O) groups excluding carboxylic acids is 2. The number of hydrogen-bond donors (Lipinski definition) is 0. The third kappa shape index (κ3) is 1.81. The molecule has 3 heterocycles. The quantitative estimate of drug-likeness (QED) is 0.749. The third-order valence-electron chi connectivity index (χ3n) is 4.02. The molecule has 0 aliphatic carbocycles. The Morgan fingerprint density at radius 3 is 2.57 bits per heavy atom. The zero-order valence-corrected chi connectivity index (χ0v) is 12.4. The molecule has 23 heavy (non-hydrogen) atoms. The second-order valence-electron chi connectivity index (χ2n) is 5.40. The summed E-state index contributed by atoms with van der Waals surface area (Å²) in [4.78, 5) is 31.0. The normalized spacial score (nSPS) is 19.8. The fourth-order valence-electron chi connectivity index (χ4n) is 2.74. The lowest BCUT2D eigenvalue weighted by Gasteiger charge is -2.29. The van der Waals surface area contributed by atoms with Gasteiger partial charge in [0.05, 0.1) is 0 Å². The number of aliphatic imine (C=N–C) groups is 1. The molecule has 8 heteroatoms. The highest BCUT2D eigenvalue weighted by Gasteiger charge is 2.54. The summed E-state index contributed by atoms with van der Waals surface area (Å²) >= 11 is 0. The molecule has 1 fully saturated rings. The van der Waals surface area contributed by atoms with Crippen LogP contribution in [0.15, 0.2) is 39.9 Å². The molecule has 1 aromatic carbocycles. The number of hydrogen-bond acceptors (Lipinski definition) is 4. The van der Waals surface area contributed by atoms with Crippen LogP contribution in [0.25, 0.3) is 11.3 Å². The molecule has 0 radical (unpaired) electrons. The van der Waals surface area contributed by atoms with E-state index in [1.807, 2.05) is 0 Å².